The van der Waals surface area contributed by atoms with E-state index < -0.39 is 0 Å². The summed E-state index contributed by atoms with van der Waals surface area (Å²) < 4.78 is 15.9. The van der Waals surface area contributed by atoms with Crippen molar-refractivity contribution in [1.82, 2.24) is 5.32 Å². The minimum atomic E-state index is -0.345. The summed E-state index contributed by atoms with van der Waals surface area (Å²) in [6.45, 7) is 0.704. The lowest BCUT2D eigenvalue weighted by atomic mass is 9.86. The number of anilines is 1. The molecule has 2 N–H and O–H groups in total. The molecule has 33 heavy (non-hydrogen) atoms. The maximum atomic E-state index is 11.7. The van der Waals surface area contributed by atoms with E-state index in [0.29, 0.717) is 22.9 Å². The minimum Gasteiger partial charge on any atom is -0.493 e. The summed E-state index contributed by atoms with van der Waals surface area (Å²) in [6, 6.07) is 19.4. The first-order valence-electron chi connectivity index (χ1n) is 10.7. The monoisotopic (exact) mass is 466 g/mol. The maximum Gasteiger partial charge on any atom is 0.337 e. The van der Waals surface area contributed by atoms with E-state index in [1.54, 1.807) is 26.4 Å². The highest BCUT2D eigenvalue weighted by Gasteiger charge is 2.29. The van der Waals surface area contributed by atoms with Crippen LogP contribution in [0.15, 0.2) is 60.7 Å². The fourth-order valence-electron chi connectivity index (χ4n) is 4.18. The zero-order valence-corrected chi connectivity index (χ0v) is 19.6. The molecule has 0 radical (unpaired) electrons. The molecule has 0 spiro atoms. The van der Waals surface area contributed by atoms with Gasteiger partial charge in [-0.05, 0) is 71.6 Å². The van der Waals surface area contributed by atoms with Crippen molar-refractivity contribution in [2.24, 2.45) is 0 Å². The molecule has 1 heterocycles. The molecule has 0 amide bonds. The number of hydrogen-bond donors (Lipinski definition) is 2. The van der Waals surface area contributed by atoms with E-state index in [1.165, 1.54) is 12.7 Å². The predicted molar refractivity (Wildman–Crippen MR) is 130 cm³/mol. The van der Waals surface area contributed by atoms with E-state index in [4.69, 9.17) is 25.8 Å². The third-order valence-corrected chi connectivity index (χ3v) is 6.14. The van der Waals surface area contributed by atoms with Crippen LogP contribution in [-0.4, -0.2) is 39.9 Å². The highest BCUT2D eigenvalue weighted by Crippen LogP contribution is 2.38. The van der Waals surface area contributed by atoms with Crippen molar-refractivity contribution in [1.29, 1.82) is 0 Å². The Kier molecular flexibility index (Phi) is 7.06. The Balaban J connectivity index is 1.58. The lowest BCUT2D eigenvalue weighted by Crippen LogP contribution is -2.44. The standard InChI is InChI=1S/C26H27ClN2O4/c1-31-23-13-18-12-21(15-28-20-10-6-17(7-11-20)26(30)33-3)29-25(22(18)14-24(23)32-2)16-4-8-19(27)9-5-16/h4-11,13-14,21,25,28-29H,12,15H2,1-3H3/t21-,25-/m0/s1. The van der Waals surface area contributed by atoms with Crippen molar-refractivity contribution in [3.05, 3.63) is 87.9 Å². The molecule has 1 aliphatic rings. The molecular formula is C26H27ClN2O4. The molecule has 6 nitrogen and oxygen atoms in total. The van der Waals surface area contributed by atoms with Gasteiger partial charge in [0.25, 0.3) is 0 Å². The van der Waals surface area contributed by atoms with Crippen LogP contribution in [0.4, 0.5) is 5.69 Å². The molecule has 7 heteroatoms. The number of esters is 1. The number of halogens is 1. The molecule has 2 atom stereocenters. The van der Waals surface area contributed by atoms with Crippen molar-refractivity contribution in [2.75, 3.05) is 33.2 Å². The lowest BCUT2D eigenvalue weighted by molar-refractivity contribution is 0.0601. The van der Waals surface area contributed by atoms with Gasteiger partial charge in [0.2, 0.25) is 0 Å². The van der Waals surface area contributed by atoms with E-state index in [2.05, 4.69) is 22.8 Å². The highest BCUT2D eigenvalue weighted by molar-refractivity contribution is 6.30. The lowest BCUT2D eigenvalue weighted by Gasteiger charge is -2.34. The average molecular weight is 467 g/mol. The van der Waals surface area contributed by atoms with Crippen LogP contribution in [0.25, 0.3) is 0 Å². The first kappa shape index (κ1) is 23.0. The number of rotatable bonds is 7. The van der Waals surface area contributed by atoms with Gasteiger partial charge in [-0.15, -0.1) is 0 Å². The largest absolute Gasteiger partial charge is 0.493 e. The van der Waals surface area contributed by atoms with Crippen molar-refractivity contribution in [3.8, 4) is 11.5 Å². The Labute approximate surface area is 198 Å². The molecule has 4 rings (SSSR count). The van der Waals surface area contributed by atoms with Crippen LogP contribution in [0.3, 0.4) is 0 Å². The summed E-state index contributed by atoms with van der Waals surface area (Å²) in [7, 11) is 4.68. The van der Waals surface area contributed by atoms with E-state index in [0.717, 1.165) is 29.0 Å². The summed E-state index contributed by atoms with van der Waals surface area (Å²) in [4.78, 5) is 11.7. The van der Waals surface area contributed by atoms with Crippen LogP contribution < -0.4 is 20.1 Å². The molecular weight excluding hydrogens is 440 g/mol. The van der Waals surface area contributed by atoms with Crippen LogP contribution in [0, 0.1) is 0 Å². The summed E-state index contributed by atoms with van der Waals surface area (Å²) in [5.41, 5.74) is 4.95. The highest BCUT2D eigenvalue weighted by atomic mass is 35.5. The Morgan fingerprint density at radius 1 is 1.00 bits per heavy atom. The second-order valence-corrected chi connectivity index (χ2v) is 8.34. The van der Waals surface area contributed by atoms with Crippen molar-refractivity contribution >= 4 is 23.3 Å². The Morgan fingerprint density at radius 2 is 1.67 bits per heavy atom. The third kappa shape index (κ3) is 5.07. The van der Waals surface area contributed by atoms with Crippen molar-refractivity contribution < 1.29 is 19.0 Å². The fraction of sp³-hybridized carbons (Fsp3) is 0.269. The smallest absolute Gasteiger partial charge is 0.337 e. The summed E-state index contributed by atoms with van der Waals surface area (Å²) in [6.07, 6.45) is 0.826. The molecule has 1 aliphatic heterocycles. The third-order valence-electron chi connectivity index (χ3n) is 5.89. The minimum absolute atomic E-state index is 0.0145. The van der Waals surface area contributed by atoms with E-state index in [9.17, 15) is 4.79 Å². The molecule has 0 saturated heterocycles. The summed E-state index contributed by atoms with van der Waals surface area (Å²) in [5, 5.41) is 7.94. The van der Waals surface area contributed by atoms with Crippen molar-refractivity contribution in [3.63, 3.8) is 0 Å². The topological polar surface area (TPSA) is 68.8 Å². The second kappa shape index (κ2) is 10.1. The van der Waals surface area contributed by atoms with Gasteiger partial charge < -0.3 is 24.8 Å². The first-order valence-corrected chi connectivity index (χ1v) is 11.1. The van der Waals surface area contributed by atoms with Gasteiger partial charge in [0.15, 0.2) is 11.5 Å². The van der Waals surface area contributed by atoms with Crippen LogP contribution in [0.1, 0.15) is 33.1 Å². The number of carbonyl (C=O) groups is 1. The van der Waals surface area contributed by atoms with E-state index in [-0.39, 0.29) is 18.1 Å². The number of fused-ring (bicyclic) bond motifs is 1. The molecule has 3 aromatic carbocycles. The molecule has 0 aliphatic carbocycles. The fourth-order valence-corrected chi connectivity index (χ4v) is 4.30. The van der Waals surface area contributed by atoms with Crippen LogP contribution in [-0.2, 0) is 11.2 Å². The van der Waals surface area contributed by atoms with Gasteiger partial charge in [-0.1, -0.05) is 23.7 Å². The Bertz CT molecular complexity index is 1120. The van der Waals surface area contributed by atoms with Crippen LogP contribution in [0.5, 0.6) is 11.5 Å². The van der Waals surface area contributed by atoms with Gasteiger partial charge in [0.1, 0.15) is 0 Å². The number of carbonyl (C=O) groups excluding carboxylic acids is 1. The zero-order chi connectivity index (χ0) is 23.4. The van der Waals surface area contributed by atoms with Crippen LogP contribution in [0.2, 0.25) is 5.02 Å². The number of methoxy groups -OCH3 is 3. The van der Waals surface area contributed by atoms with Crippen LogP contribution >= 0.6 is 11.6 Å². The van der Waals surface area contributed by atoms with E-state index in [1.807, 2.05) is 36.4 Å². The van der Waals surface area contributed by atoms with E-state index >= 15 is 0 Å². The summed E-state index contributed by atoms with van der Waals surface area (Å²) >= 11 is 6.13. The normalized spacial score (nSPS) is 17.1. The number of nitrogens with one attached hydrogen (secondary N) is 2. The predicted octanol–water partition coefficient (Wildman–Crippen LogP) is 4.86. The maximum absolute atomic E-state index is 11.7. The second-order valence-electron chi connectivity index (χ2n) is 7.91. The molecule has 0 aromatic heterocycles. The van der Waals surface area contributed by atoms with Gasteiger partial charge in [-0.3, -0.25) is 0 Å². The quantitative estimate of drug-likeness (QED) is 0.485. The Morgan fingerprint density at radius 3 is 2.30 bits per heavy atom. The molecule has 0 unspecified atom stereocenters. The van der Waals surface area contributed by atoms with Gasteiger partial charge in [-0.25, -0.2) is 4.79 Å². The first-order chi connectivity index (χ1) is 16.0. The van der Waals surface area contributed by atoms with Gasteiger partial charge in [0, 0.05) is 23.3 Å². The molecule has 3 aromatic rings. The number of hydrogen-bond acceptors (Lipinski definition) is 6. The van der Waals surface area contributed by atoms with Gasteiger partial charge >= 0.3 is 5.97 Å². The molecule has 172 valence electrons. The van der Waals surface area contributed by atoms with Gasteiger partial charge in [0.05, 0.1) is 32.9 Å². The Hall–Kier alpha value is -3.22. The van der Waals surface area contributed by atoms with Gasteiger partial charge in [-0.2, -0.15) is 0 Å². The van der Waals surface area contributed by atoms with Crippen molar-refractivity contribution in [2.45, 2.75) is 18.5 Å². The molecule has 0 bridgehead atoms. The number of benzene rings is 3. The molecule has 0 saturated carbocycles. The average Bonchev–Trinajstić information content (AvgIpc) is 2.86. The zero-order valence-electron chi connectivity index (χ0n) is 18.9. The SMILES string of the molecule is COC(=O)c1ccc(NC[C@@H]2Cc3cc(OC)c(OC)cc3[C@H](c3ccc(Cl)cc3)N2)cc1. The summed E-state index contributed by atoms with van der Waals surface area (Å²) in [5.74, 6) is 1.08. The molecule has 0 fully saturated rings. The number of ether oxygens (including phenoxy) is 3.